The SMILES string of the molecule is C[C@@H]1[C@H](CN2[C@@H](C(=O)NC(C)(C)C)CC[C@H]3CCCC[C@H]32)O[C@H](c2ccc(-c3cccc(CNC(=O)c4ccccc4)c3)cc2)O[C@@H]1c1ccc(CO)cc1. The number of aliphatic hydroxyl groups is 1. The first-order valence-electron chi connectivity index (χ1n) is 20.2. The minimum atomic E-state index is -0.605. The van der Waals surface area contributed by atoms with Gasteiger partial charge in [0.05, 0.1) is 24.9 Å². The van der Waals surface area contributed by atoms with Crippen molar-refractivity contribution in [2.24, 2.45) is 11.8 Å². The number of piperidine rings is 1. The van der Waals surface area contributed by atoms with Gasteiger partial charge in [-0.15, -0.1) is 0 Å². The lowest BCUT2D eigenvalue weighted by atomic mass is 9.75. The molecule has 0 unspecified atom stereocenters. The Morgan fingerprint density at radius 2 is 1.51 bits per heavy atom. The molecule has 7 rings (SSSR count). The molecule has 2 aliphatic heterocycles. The fourth-order valence-corrected chi connectivity index (χ4v) is 8.83. The monoisotopic (exact) mass is 743 g/mol. The average Bonchev–Trinajstić information content (AvgIpc) is 3.20. The first-order valence-corrected chi connectivity index (χ1v) is 20.2. The van der Waals surface area contributed by atoms with E-state index >= 15 is 0 Å². The number of rotatable bonds is 10. The summed E-state index contributed by atoms with van der Waals surface area (Å²) < 4.78 is 13.8. The molecule has 290 valence electrons. The van der Waals surface area contributed by atoms with Crippen LogP contribution in [0, 0.1) is 11.8 Å². The summed E-state index contributed by atoms with van der Waals surface area (Å²) in [4.78, 5) is 29.0. The molecule has 0 radical (unpaired) electrons. The molecule has 55 heavy (non-hydrogen) atoms. The molecule has 2 amide bonds. The Kier molecular flexibility index (Phi) is 12.2. The van der Waals surface area contributed by atoms with Crippen molar-refractivity contribution in [3.63, 3.8) is 0 Å². The Balaban J connectivity index is 1.13. The largest absolute Gasteiger partial charge is 0.392 e. The van der Waals surface area contributed by atoms with Crippen LogP contribution in [-0.4, -0.2) is 52.1 Å². The highest BCUT2D eigenvalue weighted by Gasteiger charge is 2.46. The summed E-state index contributed by atoms with van der Waals surface area (Å²) in [7, 11) is 0. The van der Waals surface area contributed by atoms with Crippen LogP contribution < -0.4 is 10.6 Å². The lowest BCUT2D eigenvalue weighted by Gasteiger charge is -2.51. The van der Waals surface area contributed by atoms with E-state index in [0.29, 0.717) is 30.6 Å². The zero-order valence-electron chi connectivity index (χ0n) is 32.7. The summed E-state index contributed by atoms with van der Waals surface area (Å²) in [6.45, 7) is 9.44. The predicted octanol–water partition coefficient (Wildman–Crippen LogP) is 8.51. The van der Waals surface area contributed by atoms with E-state index in [1.807, 2.05) is 54.6 Å². The van der Waals surface area contributed by atoms with Gasteiger partial charge in [0.1, 0.15) is 0 Å². The normalized spacial score (nSPS) is 25.8. The average molecular weight is 744 g/mol. The van der Waals surface area contributed by atoms with Gasteiger partial charge in [0.2, 0.25) is 5.91 Å². The van der Waals surface area contributed by atoms with Gasteiger partial charge in [-0.3, -0.25) is 14.5 Å². The highest BCUT2D eigenvalue weighted by Crippen LogP contribution is 2.44. The number of nitrogens with one attached hydrogen (secondary N) is 2. The Labute approximate surface area is 326 Å². The van der Waals surface area contributed by atoms with E-state index < -0.39 is 6.29 Å². The van der Waals surface area contributed by atoms with Crippen molar-refractivity contribution in [1.29, 1.82) is 0 Å². The molecule has 2 saturated heterocycles. The molecular formula is C47H57N3O5. The Bertz CT molecular complexity index is 1890. The van der Waals surface area contributed by atoms with E-state index in [2.05, 4.69) is 91.8 Å². The van der Waals surface area contributed by atoms with E-state index in [-0.39, 0.29) is 48.1 Å². The molecule has 1 aliphatic carbocycles. The summed E-state index contributed by atoms with van der Waals surface area (Å²) in [5.74, 6) is 0.630. The van der Waals surface area contributed by atoms with Crippen LogP contribution in [0.3, 0.4) is 0 Å². The van der Waals surface area contributed by atoms with Crippen molar-refractivity contribution in [2.75, 3.05) is 6.54 Å². The van der Waals surface area contributed by atoms with Crippen LogP contribution in [0.5, 0.6) is 0 Å². The lowest BCUT2D eigenvalue weighted by Crippen LogP contribution is -2.61. The van der Waals surface area contributed by atoms with Crippen LogP contribution in [0.2, 0.25) is 0 Å². The fraction of sp³-hybridized carbons (Fsp3) is 0.447. The molecule has 3 fully saturated rings. The predicted molar refractivity (Wildman–Crippen MR) is 216 cm³/mol. The fourth-order valence-electron chi connectivity index (χ4n) is 8.83. The van der Waals surface area contributed by atoms with Crippen molar-refractivity contribution < 1.29 is 24.2 Å². The van der Waals surface area contributed by atoms with Gasteiger partial charge in [-0.25, -0.2) is 0 Å². The quantitative estimate of drug-likeness (QED) is 0.151. The number of benzene rings is 4. The smallest absolute Gasteiger partial charge is 0.251 e. The number of carbonyl (C=O) groups is 2. The van der Waals surface area contributed by atoms with E-state index in [9.17, 15) is 14.7 Å². The van der Waals surface area contributed by atoms with Crippen LogP contribution in [-0.2, 0) is 27.4 Å². The summed E-state index contributed by atoms with van der Waals surface area (Å²) in [5, 5.41) is 16.1. The number of hydrogen-bond donors (Lipinski definition) is 3. The number of aliphatic hydroxyl groups excluding tert-OH is 1. The van der Waals surface area contributed by atoms with Gasteiger partial charge >= 0.3 is 0 Å². The molecule has 8 nitrogen and oxygen atoms in total. The zero-order valence-corrected chi connectivity index (χ0v) is 32.7. The lowest BCUT2D eigenvalue weighted by molar-refractivity contribution is -0.278. The summed E-state index contributed by atoms with van der Waals surface area (Å²) >= 11 is 0. The highest BCUT2D eigenvalue weighted by atomic mass is 16.7. The minimum Gasteiger partial charge on any atom is -0.392 e. The third kappa shape index (κ3) is 9.38. The number of hydrogen-bond acceptors (Lipinski definition) is 6. The van der Waals surface area contributed by atoms with Gasteiger partial charge in [0.25, 0.3) is 5.91 Å². The first kappa shape index (κ1) is 38.9. The minimum absolute atomic E-state index is 0.0101. The maximum absolute atomic E-state index is 13.9. The van der Waals surface area contributed by atoms with E-state index in [1.54, 1.807) is 0 Å². The van der Waals surface area contributed by atoms with Gasteiger partial charge in [-0.2, -0.15) is 0 Å². The van der Waals surface area contributed by atoms with Crippen molar-refractivity contribution in [2.45, 2.75) is 115 Å². The molecule has 4 aromatic rings. The molecule has 1 saturated carbocycles. The standard InChI is InChI=1S/C47H57N3O5/c1-31-42(29-50-40-16-9-8-12-35(40)25-26-41(50)45(53)49-47(2,3)4)54-46(55-43(31)36-19-17-32(30-51)18-20-36)38-23-21-34(22-24-38)39-15-10-11-33(27-39)28-48-44(52)37-13-6-5-7-14-37/h5-7,10-11,13-15,17-24,27,31,35,40-43,46,51H,8-9,12,16,25-26,28-30H2,1-4H3,(H,48,52)(H,49,53)/t31-,35-,40-,41-,42+,43+,46+/m1/s1. The van der Waals surface area contributed by atoms with Gasteiger partial charge in [-0.1, -0.05) is 105 Å². The van der Waals surface area contributed by atoms with Gasteiger partial charge in [0.15, 0.2) is 6.29 Å². The molecular weight excluding hydrogens is 687 g/mol. The molecule has 8 heteroatoms. The molecule has 2 heterocycles. The Hall–Kier alpha value is -4.34. The van der Waals surface area contributed by atoms with Crippen LogP contribution in [0.1, 0.15) is 111 Å². The second-order valence-corrected chi connectivity index (χ2v) is 16.8. The highest BCUT2D eigenvalue weighted by molar-refractivity contribution is 5.94. The van der Waals surface area contributed by atoms with Crippen molar-refractivity contribution >= 4 is 11.8 Å². The number of amides is 2. The molecule has 0 aromatic heterocycles. The maximum atomic E-state index is 13.9. The van der Waals surface area contributed by atoms with E-state index in [1.165, 1.54) is 19.3 Å². The van der Waals surface area contributed by atoms with E-state index in [0.717, 1.165) is 52.6 Å². The maximum Gasteiger partial charge on any atom is 0.251 e. The topological polar surface area (TPSA) is 100 Å². The van der Waals surface area contributed by atoms with Crippen molar-refractivity contribution in [3.8, 4) is 11.1 Å². The third-order valence-electron chi connectivity index (χ3n) is 11.8. The molecule has 0 bridgehead atoms. The van der Waals surface area contributed by atoms with Crippen molar-refractivity contribution in [1.82, 2.24) is 15.5 Å². The second kappa shape index (κ2) is 17.2. The van der Waals surface area contributed by atoms with Gasteiger partial charge in [-0.05, 0) is 98.4 Å². The number of fused-ring (bicyclic) bond motifs is 1. The number of carbonyl (C=O) groups excluding carboxylic acids is 2. The van der Waals surface area contributed by atoms with Gasteiger partial charge in [0, 0.05) is 41.7 Å². The van der Waals surface area contributed by atoms with Crippen LogP contribution >= 0.6 is 0 Å². The second-order valence-electron chi connectivity index (χ2n) is 16.8. The Morgan fingerprint density at radius 3 is 2.24 bits per heavy atom. The number of likely N-dealkylation sites (tertiary alicyclic amines) is 1. The summed E-state index contributed by atoms with van der Waals surface area (Å²) in [5.41, 5.74) is 6.31. The molecule has 3 N–H and O–H groups in total. The molecule has 4 aromatic carbocycles. The summed E-state index contributed by atoms with van der Waals surface area (Å²) in [6, 6.07) is 34.1. The third-order valence-corrected chi connectivity index (χ3v) is 11.8. The van der Waals surface area contributed by atoms with Crippen LogP contribution in [0.25, 0.3) is 11.1 Å². The van der Waals surface area contributed by atoms with Gasteiger partial charge < -0.3 is 25.2 Å². The summed E-state index contributed by atoms with van der Waals surface area (Å²) in [6.07, 6.45) is 5.70. The van der Waals surface area contributed by atoms with Crippen LogP contribution in [0.4, 0.5) is 0 Å². The number of ether oxygens (including phenoxy) is 2. The van der Waals surface area contributed by atoms with Crippen molar-refractivity contribution in [3.05, 3.63) is 131 Å². The zero-order chi connectivity index (χ0) is 38.5. The number of nitrogens with zero attached hydrogens (tertiary/aromatic N) is 1. The molecule has 7 atom stereocenters. The molecule has 0 spiro atoms. The Morgan fingerprint density at radius 1 is 0.782 bits per heavy atom. The first-order chi connectivity index (χ1) is 26.6. The van der Waals surface area contributed by atoms with Crippen LogP contribution in [0.15, 0.2) is 103 Å². The molecule has 3 aliphatic rings. The van der Waals surface area contributed by atoms with E-state index in [4.69, 9.17) is 9.47 Å².